The van der Waals surface area contributed by atoms with E-state index in [2.05, 4.69) is 118 Å². The Hall–Kier alpha value is -2.57. The summed E-state index contributed by atoms with van der Waals surface area (Å²) >= 11 is 3.09. The molecule has 1 amide bonds. The van der Waals surface area contributed by atoms with E-state index < -0.39 is 5.97 Å². The molecule has 0 saturated carbocycles. The number of carbonyl (C=O) groups excluding carboxylic acids is 1. The summed E-state index contributed by atoms with van der Waals surface area (Å²) < 4.78 is 0. The van der Waals surface area contributed by atoms with Crippen molar-refractivity contribution in [3.63, 3.8) is 0 Å². The Morgan fingerprint density at radius 2 is 1.62 bits per heavy atom. The Morgan fingerprint density at radius 3 is 2.10 bits per heavy atom. The predicted molar refractivity (Wildman–Crippen MR) is 219 cm³/mol. The lowest BCUT2D eigenvalue weighted by Crippen LogP contribution is -2.25. The number of carboxylic acids is 1. The third-order valence-electron chi connectivity index (χ3n) is 6.11. The number of thiophene rings is 1. The summed E-state index contributed by atoms with van der Waals surface area (Å²) in [7, 11) is 0. The van der Waals surface area contributed by atoms with Crippen LogP contribution in [0.15, 0.2) is 82.9 Å². The highest BCUT2D eigenvalue weighted by molar-refractivity contribution is 8.02. The lowest BCUT2D eigenvalue weighted by atomic mass is 9.86. The van der Waals surface area contributed by atoms with Crippen molar-refractivity contribution in [2.45, 2.75) is 141 Å². The first kappa shape index (κ1) is 49.8. The fourth-order valence-corrected chi connectivity index (χ4v) is 5.41. The number of allylic oxidation sites excluding steroid dienone is 10. The van der Waals surface area contributed by atoms with Crippen molar-refractivity contribution < 1.29 is 14.7 Å². The molecule has 0 aromatic carbocycles. The van der Waals surface area contributed by atoms with Gasteiger partial charge in [-0.25, -0.2) is 0 Å². The standard InChI is InChI=1S/C17H26.C15H19NO3S2.2C4H10.C2H6/c1-6-8-14(2)13-15-9-7-10-16(12-11-15)17(3,4)5;1-10(2)7-9-20-11(3)12-4-5-13(21-12)15(19)16-8-6-14(17)18;1-4(2)3;1-3-4-2;1-2/h7-8,10-12H,6,9,13H2,1-5H3;4-5,7,9,11H,1,6,8H2,2-3H3,(H,16,19)(H,17,18);4H,1-3H3;3-4H2,1-2H3;1-2H3/b14-8-;9-7+;;;. The van der Waals surface area contributed by atoms with Crippen LogP contribution in [0.5, 0.6) is 0 Å². The minimum absolute atomic E-state index is 0.0675. The van der Waals surface area contributed by atoms with Crippen LogP contribution in [0.1, 0.15) is 155 Å². The normalized spacial score (nSPS) is 13.1. The van der Waals surface area contributed by atoms with Gasteiger partial charge in [0.25, 0.3) is 5.91 Å². The zero-order valence-corrected chi connectivity index (χ0v) is 34.7. The first-order valence-corrected chi connectivity index (χ1v) is 19.5. The monoisotopic (exact) mass is 701 g/mol. The summed E-state index contributed by atoms with van der Waals surface area (Å²) in [6.45, 7) is 34.1. The molecule has 1 aliphatic carbocycles. The molecule has 1 heterocycles. The van der Waals surface area contributed by atoms with Gasteiger partial charge < -0.3 is 10.4 Å². The minimum Gasteiger partial charge on any atom is -0.481 e. The van der Waals surface area contributed by atoms with Gasteiger partial charge in [0.15, 0.2) is 0 Å². The number of carboxylic acid groups (broad SMARTS) is 1. The zero-order chi connectivity index (χ0) is 37.7. The summed E-state index contributed by atoms with van der Waals surface area (Å²) in [5, 5.41) is 13.4. The topological polar surface area (TPSA) is 66.4 Å². The fraction of sp³-hybridized carbons (Fsp3) is 0.571. The van der Waals surface area contributed by atoms with E-state index >= 15 is 0 Å². The molecular weight excluding hydrogens is 631 g/mol. The Bertz CT molecular complexity index is 1170. The number of hydrogen-bond donors (Lipinski definition) is 2. The maximum absolute atomic E-state index is 11.8. The van der Waals surface area contributed by atoms with E-state index in [-0.39, 0.29) is 29.5 Å². The van der Waals surface area contributed by atoms with Crippen LogP contribution in [0, 0.1) is 11.3 Å². The largest absolute Gasteiger partial charge is 0.481 e. The van der Waals surface area contributed by atoms with Crippen molar-refractivity contribution in [3.05, 3.63) is 92.6 Å². The van der Waals surface area contributed by atoms with Crippen LogP contribution in [-0.4, -0.2) is 23.5 Å². The molecule has 0 spiro atoms. The van der Waals surface area contributed by atoms with E-state index in [0.717, 1.165) is 35.6 Å². The summed E-state index contributed by atoms with van der Waals surface area (Å²) in [6.07, 6.45) is 19.4. The van der Waals surface area contributed by atoms with Crippen molar-refractivity contribution in [2.75, 3.05) is 6.54 Å². The van der Waals surface area contributed by atoms with E-state index in [4.69, 9.17) is 5.11 Å². The quantitative estimate of drug-likeness (QED) is 0.168. The molecule has 6 heteroatoms. The van der Waals surface area contributed by atoms with Gasteiger partial charge in [-0.15, -0.1) is 23.1 Å². The van der Waals surface area contributed by atoms with Crippen LogP contribution in [0.2, 0.25) is 0 Å². The van der Waals surface area contributed by atoms with E-state index in [1.165, 1.54) is 40.9 Å². The second-order valence-electron chi connectivity index (χ2n) is 13.2. The Labute approximate surface area is 305 Å². The maximum Gasteiger partial charge on any atom is 0.305 e. The van der Waals surface area contributed by atoms with Crippen molar-refractivity contribution in [1.82, 2.24) is 5.32 Å². The Balaban J connectivity index is -0.000000668. The highest BCUT2D eigenvalue weighted by Crippen LogP contribution is 2.34. The van der Waals surface area contributed by atoms with Gasteiger partial charge in [0, 0.05) is 16.7 Å². The average Bonchev–Trinajstić information content (AvgIpc) is 3.38. The molecule has 274 valence electrons. The smallest absolute Gasteiger partial charge is 0.305 e. The van der Waals surface area contributed by atoms with Crippen molar-refractivity contribution >= 4 is 35.0 Å². The average molecular weight is 702 g/mol. The van der Waals surface area contributed by atoms with Gasteiger partial charge in [0.1, 0.15) is 0 Å². The molecule has 0 saturated heterocycles. The minimum atomic E-state index is -0.920. The number of unbranched alkanes of at least 4 members (excludes halogenated alkanes) is 1. The number of rotatable bonds is 12. The molecule has 0 aliphatic heterocycles. The molecule has 0 bridgehead atoms. The number of aliphatic carboxylic acids is 1. The molecule has 1 aromatic heterocycles. The van der Waals surface area contributed by atoms with Gasteiger partial charge in [0.2, 0.25) is 0 Å². The third kappa shape index (κ3) is 29.6. The number of carbonyl (C=O) groups is 2. The van der Waals surface area contributed by atoms with Gasteiger partial charge in [-0.2, -0.15) is 0 Å². The molecule has 2 N–H and O–H groups in total. The molecule has 48 heavy (non-hydrogen) atoms. The number of hydrogen-bond acceptors (Lipinski definition) is 4. The molecule has 1 unspecified atom stereocenters. The zero-order valence-electron chi connectivity index (χ0n) is 33.1. The van der Waals surface area contributed by atoms with Crippen LogP contribution in [0.4, 0.5) is 0 Å². The van der Waals surface area contributed by atoms with Crippen LogP contribution < -0.4 is 5.32 Å². The van der Waals surface area contributed by atoms with Crippen LogP contribution >= 0.6 is 23.1 Å². The molecule has 1 aliphatic rings. The van der Waals surface area contributed by atoms with Gasteiger partial charge in [-0.3, -0.25) is 9.59 Å². The van der Waals surface area contributed by atoms with E-state index in [1.54, 1.807) is 17.8 Å². The van der Waals surface area contributed by atoms with Crippen molar-refractivity contribution in [1.29, 1.82) is 0 Å². The first-order valence-electron chi connectivity index (χ1n) is 17.8. The van der Waals surface area contributed by atoms with Gasteiger partial charge >= 0.3 is 5.97 Å². The Morgan fingerprint density at radius 1 is 1.04 bits per heavy atom. The van der Waals surface area contributed by atoms with E-state index in [9.17, 15) is 9.59 Å². The van der Waals surface area contributed by atoms with Crippen molar-refractivity contribution in [2.24, 2.45) is 11.3 Å². The number of amides is 1. The maximum atomic E-state index is 11.8. The predicted octanol–water partition coefficient (Wildman–Crippen LogP) is 13.9. The summed E-state index contributed by atoms with van der Waals surface area (Å²) in [6, 6.07) is 3.71. The molecular formula is C42H71NO3S2. The van der Waals surface area contributed by atoms with Gasteiger partial charge in [0.05, 0.1) is 11.3 Å². The third-order valence-corrected chi connectivity index (χ3v) is 8.48. The van der Waals surface area contributed by atoms with Gasteiger partial charge in [-0.05, 0) is 74.5 Å². The van der Waals surface area contributed by atoms with Crippen LogP contribution in [0.3, 0.4) is 0 Å². The number of thioether (sulfide) groups is 1. The second kappa shape index (κ2) is 30.5. The lowest BCUT2D eigenvalue weighted by Gasteiger charge is -2.19. The molecule has 4 nitrogen and oxygen atoms in total. The summed E-state index contributed by atoms with van der Waals surface area (Å²) in [5.41, 5.74) is 5.67. The fourth-order valence-electron chi connectivity index (χ4n) is 3.48. The summed E-state index contributed by atoms with van der Waals surface area (Å²) in [5.74, 6) is -0.307. The van der Waals surface area contributed by atoms with Crippen LogP contribution in [-0.2, 0) is 4.79 Å². The molecule has 1 atom stereocenters. The Kier molecular flexibility index (Phi) is 31.6. The van der Waals surface area contributed by atoms with Crippen LogP contribution in [0.25, 0.3) is 0 Å². The SMILES string of the molecule is C=C(C)/C=C/SC(C)c1ccc(C(=O)NCCC(=O)O)s1.CC.CC(C)C.CC/C=C(/C)CC1=CC=C(C(C)(C)C)C=CC1.CCCC. The molecule has 0 radical (unpaired) electrons. The van der Waals surface area contributed by atoms with E-state index in [1.807, 2.05) is 38.3 Å². The molecule has 1 aromatic rings. The highest BCUT2D eigenvalue weighted by atomic mass is 32.2. The highest BCUT2D eigenvalue weighted by Gasteiger charge is 2.15. The first-order chi connectivity index (χ1) is 22.5. The van der Waals surface area contributed by atoms with E-state index in [0.29, 0.717) is 4.88 Å². The lowest BCUT2D eigenvalue weighted by molar-refractivity contribution is -0.136. The number of nitrogens with one attached hydrogen (secondary N) is 1. The molecule has 2 rings (SSSR count). The second-order valence-corrected chi connectivity index (χ2v) is 15.6. The van der Waals surface area contributed by atoms with Crippen molar-refractivity contribution in [3.8, 4) is 0 Å². The molecule has 0 fully saturated rings. The van der Waals surface area contributed by atoms with Gasteiger partial charge in [-0.1, -0.05) is 149 Å². The summed E-state index contributed by atoms with van der Waals surface area (Å²) in [4.78, 5) is 23.9.